The van der Waals surface area contributed by atoms with E-state index in [0.717, 1.165) is 25.3 Å². The van der Waals surface area contributed by atoms with Gasteiger partial charge in [0.05, 0.1) is 0 Å². The van der Waals surface area contributed by atoms with Gasteiger partial charge < -0.3 is 10.6 Å². The van der Waals surface area contributed by atoms with Gasteiger partial charge in [-0.25, -0.2) is 4.98 Å². The number of nitrogens with zero attached hydrogens (tertiary/aromatic N) is 2. The lowest BCUT2D eigenvalue weighted by atomic mass is 10.0. The van der Waals surface area contributed by atoms with Gasteiger partial charge in [0, 0.05) is 19.3 Å². The van der Waals surface area contributed by atoms with Gasteiger partial charge in [-0.1, -0.05) is 44.2 Å². The van der Waals surface area contributed by atoms with Crippen molar-refractivity contribution < 1.29 is 0 Å². The number of hydrogen-bond donors (Lipinski definition) is 2. The van der Waals surface area contributed by atoms with Crippen LogP contribution in [0.2, 0.25) is 0 Å². The topological polar surface area (TPSA) is 49.8 Å². The molecule has 0 saturated heterocycles. The summed E-state index contributed by atoms with van der Waals surface area (Å²) >= 11 is 0. The van der Waals surface area contributed by atoms with E-state index < -0.39 is 0 Å². The first-order chi connectivity index (χ1) is 9.79. The van der Waals surface area contributed by atoms with Gasteiger partial charge in [0.25, 0.3) is 0 Å². The van der Waals surface area contributed by atoms with E-state index in [9.17, 15) is 0 Å². The van der Waals surface area contributed by atoms with Crippen LogP contribution >= 0.6 is 0 Å². The number of hydrogen-bond acceptors (Lipinski definition) is 4. The van der Waals surface area contributed by atoms with Crippen molar-refractivity contribution in [1.82, 2.24) is 9.97 Å². The second-order valence-corrected chi connectivity index (χ2v) is 4.88. The first-order valence-corrected chi connectivity index (χ1v) is 7.15. The molecule has 0 aliphatic carbocycles. The number of rotatable bonds is 7. The van der Waals surface area contributed by atoms with Crippen LogP contribution in [0.15, 0.2) is 42.6 Å². The molecule has 0 radical (unpaired) electrons. The predicted molar refractivity (Wildman–Crippen MR) is 84.2 cm³/mol. The zero-order chi connectivity index (χ0) is 14.2. The minimum atomic E-state index is 0.443. The molecular formula is C16H22N4. The molecule has 1 heterocycles. The Labute approximate surface area is 120 Å². The van der Waals surface area contributed by atoms with Crippen LogP contribution in [0.4, 0.5) is 11.8 Å². The van der Waals surface area contributed by atoms with Crippen molar-refractivity contribution in [3.05, 3.63) is 48.2 Å². The largest absolute Gasteiger partial charge is 0.369 e. The molecule has 0 bridgehead atoms. The molecule has 20 heavy (non-hydrogen) atoms. The Morgan fingerprint density at radius 2 is 1.90 bits per heavy atom. The quantitative estimate of drug-likeness (QED) is 0.808. The molecule has 4 heteroatoms. The average Bonchev–Trinajstić information content (AvgIpc) is 2.52. The maximum atomic E-state index is 4.44. The van der Waals surface area contributed by atoms with E-state index in [-0.39, 0.29) is 0 Å². The maximum Gasteiger partial charge on any atom is 0.224 e. The number of nitrogens with one attached hydrogen (secondary N) is 2. The van der Waals surface area contributed by atoms with Crippen molar-refractivity contribution in [2.75, 3.05) is 23.7 Å². The summed E-state index contributed by atoms with van der Waals surface area (Å²) < 4.78 is 0. The summed E-state index contributed by atoms with van der Waals surface area (Å²) in [6.45, 7) is 6.08. The van der Waals surface area contributed by atoms with E-state index in [1.807, 2.05) is 12.1 Å². The van der Waals surface area contributed by atoms with Crippen LogP contribution in [0.3, 0.4) is 0 Å². The Morgan fingerprint density at radius 1 is 1.10 bits per heavy atom. The molecular weight excluding hydrogens is 248 g/mol. The Kier molecular flexibility index (Phi) is 5.35. The fourth-order valence-corrected chi connectivity index (χ4v) is 1.94. The van der Waals surface area contributed by atoms with Crippen molar-refractivity contribution in [2.45, 2.75) is 26.2 Å². The fraction of sp³-hybridized carbons (Fsp3) is 0.375. The average molecular weight is 270 g/mol. The molecule has 0 aliphatic heterocycles. The third-order valence-corrected chi connectivity index (χ3v) is 3.15. The molecule has 106 valence electrons. The van der Waals surface area contributed by atoms with E-state index in [4.69, 9.17) is 0 Å². The van der Waals surface area contributed by atoms with Crippen molar-refractivity contribution in [3.63, 3.8) is 0 Å². The summed E-state index contributed by atoms with van der Waals surface area (Å²) in [6, 6.07) is 12.4. The Bertz CT molecular complexity index is 513. The lowest BCUT2D eigenvalue weighted by Crippen LogP contribution is -2.12. The molecule has 2 N–H and O–H groups in total. The summed E-state index contributed by atoms with van der Waals surface area (Å²) in [5.74, 6) is 1.99. The Balaban J connectivity index is 1.90. The minimum absolute atomic E-state index is 0.443. The van der Waals surface area contributed by atoms with Crippen LogP contribution in [-0.2, 0) is 0 Å². The first kappa shape index (κ1) is 14.3. The second-order valence-electron chi connectivity index (χ2n) is 4.88. The summed E-state index contributed by atoms with van der Waals surface area (Å²) in [6.07, 6.45) is 2.84. The van der Waals surface area contributed by atoms with E-state index >= 15 is 0 Å². The number of aromatic nitrogens is 2. The third-order valence-electron chi connectivity index (χ3n) is 3.15. The molecule has 4 nitrogen and oxygen atoms in total. The van der Waals surface area contributed by atoms with Gasteiger partial charge in [-0.3, -0.25) is 0 Å². The van der Waals surface area contributed by atoms with Crippen LogP contribution in [0.5, 0.6) is 0 Å². The Hall–Kier alpha value is -2.10. The SMILES string of the molecule is CCCNc1nccc(NCC(C)c2ccccc2)n1. The smallest absolute Gasteiger partial charge is 0.224 e. The second kappa shape index (κ2) is 7.48. The van der Waals surface area contributed by atoms with E-state index in [2.05, 4.69) is 58.7 Å². The highest BCUT2D eigenvalue weighted by atomic mass is 15.1. The predicted octanol–water partition coefficient (Wildman–Crippen LogP) is 3.51. The molecule has 0 aliphatic rings. The monoisotopic (exact) mass is 270 g/mol. The highest BCUT2D eigenvalue weighted by Crippen LogP contribution is 2.15. The first-order valence-electron chi connectivity index (χ1n) is 7.15. The molecule has 0 saturated carbocycles. The van der Waals surface area contributed by atoms with Crippen LogP contribution < -0.4 is 10.6 Å². The summed E-state index contributed by atoms with van der Waals surface area (Å²) in [5.41, 5.74) is 1.33. The minimum Gasteiger partial charge on any atom is -0.369 e. The van der Waals surface area contributed by atoms with E-state index in [1.54, 1.807) is 6.20 Å². The van der Waals surface area contributed by atoms with Gasteiger partial charge in [0.15, 0.2) is 0 Å². The van der Waals surface area contributed by atoms with Crippen molar-refractivity contribution >= 4 is 11.8 Å². The molecule has 1 unspecified atom stereocenters. The van der Waals surface area contributed by atoms with Crippen LogP contribution in [-0.4, -0.2) is 23.1 Å². The van der Waals surface area contributed by atoms with Gasteiger partial charge in [-0.2, -0.15) is 4.98 Å². The molecule has 0 spiro atoms. The zero-order valence-corrected chi connectivity index (χ0v) is 12.1. The van der Waals surface area contributed by atoms with Gasteiger partial charge in [-0.15, -0.1) is 0 Å². The van der Waals surface area contributed by atoms with Gasteiger partial charge in [-0.05, 0) is 24.0 Å². The van der Waals surface area contributed by atoms with Crippen LogP contribution in [0, 0.1) is 0 Å². The van der Waals surface area contributed by atoms with Crippen LogP contribution in [0.25, 0.3) is 0 Å². The molecule has 1 aromatic heterocycles. The highest BCUT2D eigenvalue weighted by Gasteiger charge is 2.05. The molecule has 1 aromatic carbocycles. The molecule has 2 rings (SSSR count). The summed E-state index contributed by atoms with van der Waals surface area (Å²) in [5, 5.41) is 6.56. The van der Waals surface area contributed by atoms with Crippen molar-refractivity contribution in [1.29, 1.82) is 0 Å². The van der Waals surface area contributed by atoms with Crippen molar-refractivity contribution in [3.8, 4) is 0 Å². The molecule has 0 fully saturated rings. The number of anilines is 2. The van der Waals surface area contributed by atoms with Gasteiger partial charge in [0.1, 0.15) is 5.82 Å². The van der Waals surface area contributed by atoms with Gasteiger partial charge in [0.2, 0.25) is 5.95 Å². The molecule has 0 amide bonds. The molecule has 1 atom stereocenters. The van der Waals surface area contributed by atoms with Crippen molar-refractivity contribution in [2.24, 2.45) is 0 Å². The normalized spacial score (nSPS) is 11.9. The van der Waals surface area contributed by atoms with E-state index in [0.29, 0.717) is 11.9 Å². The Morgan fingerprint density at radius 3 is 2.65 bits per heavy atom. The molecule has 2 aromatic rings. The summed E-state index contributed by atoms with van der Waals surface area (Å²) in [4.78, 5) is 8.64. The summed E-state index contributed by atoms with van der Waals surface area (Å²) in [7, 11) is 0. The van der Waals surface area contributed by atoms with Gasteiger partial charge >= 0.3 is 0 Å². The standard InChI is InChI=1S/C16H22N4/c1-3-10-17-16-18-11-9-15(20-16)19-12-13(2)14-7-5-4-6-8-14/h4-9,11,13H,3,10,12H2,1-2H3,(H2,17,18,19,20). The highest BCUT2D eigenvalue weighted by molar-refractivity contribution is 5.40. The lowest BCUT2D eigenvalue weighted by Gasteiger charge is -2.14. The van der Waals surface area contributed by atoms with E-state index in [1.165, 1.54) is 5.56 Å². The lowest BCUT2D eigenvalue weighted by molar-refractivity contribution is 0.800. The number of benzene rings is 1. The third kappa shape index (κ3) is 4.23. The van der Waals surface area contributed by atoms with Crippen LogP contribution in [0.1, 0.15) is 31.7 Å². The zero-order valence-electron chi connectivity index (χ0n) is 12.1. The fourth-order valence-electron chi connectivity index (χ4n) is 1.94. The maximum absolute atomic E-state index is 4.44.